The normalized spacial score (nSPS) is 11.7. The Hall–Kier alpha value is -2.99. The number of nitrogens with zero attached hydrogens (tertiary/aromatic N) is 1. The number of methoxy groups -OCH3 is 1. The third kappa shape index (κ3) is 5.51. The fraction of sp³-hybridized carbons (Fsp3) is 0.261. The van der Waals surface area contributed by atoms with E-state index in [-0.39, 0.29) is 18.2 Å². The summed E-state index contributed by atoms with van der Waals surface area (Å²) in [6.45, 7) is 2.33. The van der Waals surface area contributed by atoms with Gasteiger partial charge in [0.05, 0.1) is 12.8 Å². The molecule has 0 amide bonds. The smallest absolute Gasteiger partial charge is 0.305 e. The first kappa shape index (κ1) is 20.7. The van der Waals surface area contributed by atoms with E-state index in [9.17, 15) is 9.59 Å². The lowest BCUT2D eigenvalue weighted by molar-refractivity contribution is -0.140. The van der Waals surface area contributed by atoms with Crippen molar-refractivity contribution in [1.82, 2.24) is 4.37 Å². The monoisotopic (exact) mass is 409 g/mol. The van der Waals surface area contributed by atoms with Crippen LogP contribution < -0.4 is 4.74 Å². The molecule has 2 aromatic carbocycles. The molecule has 0 bridgehead atoms. The summed E-state index contributed by atoms with van der Waals surface area (Å²) in [5.74, 6) is -0.177. The molecule has 0 saturated heterocycles. The predicted molar refractivity (Wildman–Crippen MR) is 112 cm³/mol. The lowest BCUT2D eigenvalue weighted by atomic mass is 9.85. The van der Waals surface area contributed by atoms with E-state index in [0.717, 1.165) is 16.8 Å². The van der Waals surface area contributed by atoms with Crippen molar-refractivity contribution in [3.63, 3.8) is 0 Å². The Morgan fingerprint density at radius 1 is 1.10 bits per heavy atom. The molecule has 0 saturated carbocycles. The molecule has 1 aromatic heterocycles. The number of ketones is 1. The van der Waals surface area contributed by atoms with Crippen molar-refractivity contribution < 1.29 is 19.1 Å². The second kappa shape index (κ2) is 9.98. The number of esters is 1. The Morgan fingerprint density at radius 3 is 2.66 bits per heavy atom. The van der Waals surface area contributed by atoms with Crippen LogP contribution in [0.2, 0.25) is 0 Å². The predicted octanol–water partition coefficient (Wildman–Crippen LogP) is 4.95. The number of aromatic nitrogens is 1. The summed E-state index contributed by atoms with van der Waals surface area (Å²) in [6, 6.07) is 16.8. The summed E-state index contributed by atoms with van der Waals surface area (Å²) < 4.78 is 14.8. The van der Waals surface area contributed by atoms with Gasteiger partial charge in [0, 0.05) is 23.3 Å². The van der Waals surface area contributed by atoms with Gasteiger partial charge in [-0.1, -0.05) is 36.4 Å². The zero-order valence-electron chi connectivity index (χ0n) is 16.5. The first-order valence-electron chi connectivity index (χ1n) is 9.37. The van der Waals surface area contributed by atoms with Gasteiger partial charge in [-0.3, -0.25) is 9.59 Å². The quantitative estimate of drug-likeness (QED) is 0.369. The van der Waals surface area contributed by atoms with Gasteiger partial charge in [-0.25, -0.2) is 0 Å². The second-order valence-corrected chi connectivity index (χ2v) is 7.36. The summed E-state index contributed by atoms with van der Waals surface area (Å²) in [7, 11) is 1.36. The molecule has 0 spiro atoms. The molecular formula is C23H23NO4S. The number of Topliss-reactive ketones (excluding diaryl/α,β-unsaturated/α-hetero) is 1. The van der Waals surface area contributed by atoms with Crippen LogP contribution in [0.5, 0.6) is 5.75 Å². The molecule has 29 heavy (non-hydrogen) atoms. The molecule has 0 radical (unpaired) electrons. The van der Waals surface area contributed by atoms with Crippen LogP contribution in [0, 0.1) is 6.92 Å². The van der Waals surface area contributed by atoms with Gasteiger partial charge in [0.15, 0.2) is 5.78 Å². The highest BCUT2D eigenvalue weighted by molar-refractivity contribution is 7.03. The summed E-state index contributed by atoms with van der Waals surface area (Å²) in [5, 5.41) is 1.90. The molecule has 0 aliphatic heterocycles. The molecule has 0 aliphatic carbocycles. The van der Waals surface area contributed by atoms with Crippen molar-refractivity contribution in [3.05, 3.63) is 82.4 Å². The fourth-order valence-electron chi connectivity index (χ4n) is 3.18. The van der Waals surface area contributed by atoms with Crippen molar-refractivity contribution in [2.45, 2.75) is 32.3 Å². The molecule has 3 rings (SSSR count). The van der Waals surface area contributed by atoms with E-state index >= 15 is 0 Å². The van der Waals surface area contributed by atoms with Gasteiger partial charge in [-0.05, 0) is 54.2 Å². The molecule has 150 valence electrons. The molecule has 1 unspecified atom stereocenters. The third-order valence-corrected chi connectivity index (χ3v) is 5.34. The second-order valence-electron chi connectivity index (χ2n) is 6.70. The van der Waals surface area contributed by atoms with E-state index in [1.807, 2.05) is 48.7 Å². The maximum absolute atomic E-state index is 13.4. The number of rotatable bonds is 9. The Morgan fingerprint density at radius 2 is 1.93 bits per heavy atom. The van der Waals surface area contributed by atoms with E-state index in [4.69, 9.17) is 9.47 Å². The summed E-state index contributed by atoms with van der Waals surface area (Å²) in [5.41, 5.74) is 3.35. The minimum atomic E-state index is -0.427. The van der Waals surface area contributed by atoms with Crippen LogP contribution in [0.1, 0.15) is 45.9 Å². The van der Waals surface area contributed by atoms with E-state index in [2.05, 4.69) is 4.37 Å². The topological polar surface area (TPSA) is 65.5 Å². The number of carbonyl (C=O) groups excluding carboxylic acids is 2. The molecular weight excluding hydrogens is 386 g/mol. The van der Waals surface area contributed by atoms with Crippen molar-refractivity contribution in [3.8, 4) is 5.75 Å². The first-order valence-corrected chi connectivity index (χ1v) is 10.2. The Labute approximate surface area is 174 Å². The minimum absolute atomic E-state index is 0.0395. The van der Waals surface area contributed by atoms with E-state index in [0.29, 0.717) is 24.3 Å². The maximum Gasteiger partial charge on any atom is 0.305 e. The molecule has 0 N–H and O–H groups in total. The number of hydrogen-bond acceptors (Lipinski definition) is 6. The van der Waals surface area contributed by atoms with Crippen LogP contribution >= 0.6 is 11.5 Å². The molecule has 1 atom stereocenters. The highest BCUT2D eigenvalue weighted by atomic mass is 32.1. The van der Waals surface area contributed by atoms with Gasteiger partial charge in [0.2, 0.25) is 0 Å². The van der Waals surface area contributed by atoms with E-state index in [1.165, 1.54) is 18.6 Å². The summed E-state index contributed by atoms with van der Waals surface area (Å²) in [4.78, 5) is 25.0. The van der Waals surface area contributed by atoms with Gasteiger partial charge >= 0.3 is 5.97 Å². The van der Waals surface area contributed by atoms with Crippen LogP contribution in [0.3, 0.4) is 0 Å². The van der Waals surface area contributed by atoms with E-state index in [1.54, 1.807) is 18.2 Å². The van der Waals surface area contributed by atoms with Gasteiger partial charge in [-0.15, -0.1) is 0 Å². The lowest BCUT2D eigenvalue weighted by Gasteiger charge is -2.18. The maximum atomic E-state index is 13.4. The van der Waals surface area contributed by atoms with Crippen molar-refractivity contribution >= 4 is 23.3 Å². The molecule has 0 aliphatic rings. The van der Waals surface area contributed by atoms with Gasteiger partial charge in [-0.2, -0.15) is 4.37 Å². The number of aryl methyl sites for hydroxylation is 1. The average Bonchev–Trinajstić information content (AvgIpc) is 3.27. The highest BCUT2D eigenvalue weighted by Crippen LogP contribution is 2.29. The third-order valence-electron chi connectivity index (χ3n) is 4.74. The van der Waals surface area contributed by atoms with Crippen molar-refractivity contribution in [2.75, 3.05) is 7.11 Å². The Kier molecular flexibility index (Phi) is 7.14. The summed E-state index contributed by atoms with van der Waals surface area (Å²) >= 11 is 1.37. The van der Waals surface area contributed by atoms with Gasteiger partial charge < -0.3 is 9.47 Å². The Balaban J connectivity index is 1.82. The number of carbonyl (C=O) groups is 2. The van der Waals surface area contributed by atoms with Crippen LogP contribution in [-0.2, 0) is 16.1 Å². The molecule has 5 nitrogen and oxygen atoms in total. The van der Waals surface area contributed by atoms with Crippen molar-refractivity contribution in [1.29, 1.82) is 0 Å². The zero-order chi connectivity index (χ0) is 20.6. The molecule has 3 aromatic rings. The standard InChI is InChI=1S/C23H23NO4S/c1-16-6-3-4-9-20(16)21(10-11-22(25)27-2)23(26)17-7-5-8-19(14-17)28-15-18-12-13-29-24-18/h3-9,12-14,21H,10-11,15H2,1-2H3. The minimum Gasteiger partial charge on any atom is -0.487 e. The van der Waals surface area contributed by atoms with E-state index < -0.39 is 5.92 Å². The van der Waals surface area contributed by atoms with Crippen LogP contribution in [0.4, 0.5) is 0 Å². The molecule has 0 fully saturated rings. The number of benzene rings is 2. The molecule has 1 heterocycles. The highest BCUT2D eigenvalue weighted by Gasteiger charge is 2.24. The van der Waals surface area contributed by atoms with Crippen LogP contribution in [0.15, 0.2) is 60.0 Å². The molecule has 6 heteroatoms. The van der Waals surface area contributed by atoms with Crippen LogP contribution in [-0.4, -0.2) is 23.2 Å². The zero-order valence-corrected chi connectivity index (χ0v) is 17.3. The lowest BCUT2D eigenvalue weighted by Crippen LogP contribution is -2.16. The SMILES string of the molecule is COC(=O)CCC(C(=O)c1cccc(OCc2ccsn2)c1)c1ccccc1C. The largest absolute Gasteiger partial charge is 0.487 e. The van der Waals surface area contributed by atoms with Crippen molar-refractivity contribution in [2.24, 2.45) is 0 Å². The van der Waals surface area contributed by atoms with Gasteiger partial charge in [0.25, 0.3) is 0 Å². The number of hydrogen-bond donors (Lipinski definition) is 0. The van der Waals surface area contributed by atoms with Gasteiger partial charge in [0.1, 0.15) is 12.4 Å². The summed E-state index contributed by atoms with van der Waals surface area (Å²) in [6.07, 6.45) is 0.571. The first-order chi connectivity index (χ1) is 14.1. The average molecular weight is 410 g/mol. The van der Waals surface area contributed by atoms with Crippen LogP contribution in [0.25, 0.3) is 0 Å². The number of ether oxygens (including phenoxy) is 2. The fourth-order valence-corrected chi connectivity index (χ4v) is 3.71. The Bertz CT molecular complexity index is 969.